The second-order valence-corrected chi connectivity index (χ2v) is 5.02. The third-order valence-corrected chi connectivity index (χ3v) is 2.83. The third-order valence-electron chi connectivity index (χ3n) is 2.83. The van der Waals surface area contributed by atoms with Crippen molar-refractivity contribution < 1.29 is 9.53 Å². The molecular formula is C15H26N2O2. The van der Waals surface area contributed by atoms with Gasteiger partial charge >= 0.3 is 0 Å². The molecule has 0 fully saturated rings. The lowest BCUT2D eigenvalue weighted by molar-refractivity contribution is -0.124. The molecule has 1 aliphatic rings. The van der Waals surface area contributed by atoms with Gasteiger partial charge in [0.25, 0.3) is 5.91 Å². The first-order valence-electron chi connectivity index (χ1n) is 7.15. The second-order valence-electron chi connectivity index (χ2n) is 5.02. The van der Waals surface area contributed by atoms with Crippen molar-refractivity contribution in [2.24, 2.45) is 0 Å². The molecule has 0 aromatic carbocycles. The molecule has 0 saturated carbocycles. The van der Waals surface area contributed by atoms with E-state index in [1.165, 1.54) is 0 Å². The van der Waals surface area contributed by atoms with Crippen LogP contribution in [0.3, 0.4) is 0 Å². The predicted molar refractivity (Wildman–Crippen MR) is 77.8 cm³/mol. The Labute approximate surface area is 116 Å². The molecule has 0 atom stereocenters. The molecule has 2 N–H and O–H groups in total. The van der Waals surface area contributed by atoms with Crippen LogP contribution < -0.4 is 10.6 Å². The van der Waals surface area contributed by atoms with Crippen LogP contribution in [-0.4, -0.2) is 31.6 Å². The Hall–Kier alpha value is -1.29. The molecule has 0 unspecified atom stereocenters. The van der Waals surface area contributed by atoms with Crippen molar-refractivity contribution in [1.29, 1.82) is 0 Å². The number of allylic oxidation sites excluding steroid dienone is 4. The monoisotopic (exact) mass is 266 g/mol. The summed E-state index contributed by atoms with van der Waals surface area (Å²) in [5.74, 6) is 0.892. The fourth-order valence-corrected chi connectivity index (χ4v) is 1.81. The molecule has 0 radical (unpaired) electrons. The van der Waals surface area contributed by atoms with Crippen LogP contribution in [0.2, 0.25) is 0 Å². The van der Waals surface area contributed by atoms with Crippen LogP contribution in [0.1, 0.15) is 39.5 Å². The average Bonchev–Trinajstić information content (AvgIpc) is 2.33. The SMILES string of the molecule is CC(C)NCCNC(=O)CO/C1=C/C/C=C/CCC1. The maximum atomic E-state index is 11.6. The minimum atomic E-state index is -0.0518. The van der Waals surface area contributed by atoms with Crippen molar-refractivity contribution in [2.45, 2.75) is 45.6 Å². The first-order chi connectivity index (χ1) is 9.18. The van der Waals surface area contributed by atoms with Crippen LogP contribution in [0.4, 0.5) is 0 Å². The summed E-state index contributed by atoms with van der Waals surface area (Å²) in [7, 11) is 0. The van der Waals surface area contributed by atoms with Gasteiger partial charge in [-0.3, -0.25) is 4.79 Å². The van der Waals surface area contributed by atoms with Gasteiger partial charge < -0.3 is 15.4 Å². The van der Waals surface area contributed by atoms with E-state index in [2.05, 4.69) is 42.7 Å². The number of hydrogen-bond donors (Lipinski definition) is 2. The van der Waals surface area contributed by atoms with E-state index in [-0.39, 0.29) is 12.5 Å². The molecule has 1 aliphatic carbocycles. The molecule has 0 aromatic heterocycles. The van der Waals surface area contributed by atoms with Gasteiger partial charge in [-0.1, -0.05) is 26.0 Å². The molecule has 0 saturated heterocycles. The average molecular weight is 266 g/mol. The maximum Gasteiger partial charge on any atom is 0.257 e. The van der Waals surface area contributed by atoms with Gasteiger partial charge in [0, 0.05) is 25.6 Å². The predicted octanol–water partition coefficient (Wildman–Crippen LogP) is 2.13. The molecular weight excluding hydrogens is 240 g/mol. The Balaban J connectivity index is 2.13. The topological polar surface area (TPSA) is 50.4 Å². The van der Waals surface area contributed by atoms with Crippen molar-refractivity contribution in [3.8, 4) is 0 Å². The Morgan fingerprint density at radius 1 is 1.37 bits per heavy atom. The van der Waals surface area contributed by atoms with Gasteiger partial charge in [0.2, 0.25) is 0 Å². The van der Waals surface area contributed by atoms with Crippen molar-refractivity contribution in [3.05, 3.63) is 24.0 Å². The summed E-state index contributed by atoms with van der Waals surface area (Å²) in [6, 6.07) is 0.446. The Morgan fingerprint density at radius 3 is 3.00 bits per heavy atom. The van der Waals surface area contributed by atoms with E-state index in [1.54, 1.807) is 0 Å². The molecule has 19 heavy (non-hydrogen) atoms. The van der Waals surface area contributed by atoms with E-state index in [0.717, 1.165) is 38.0 Å². The Kier molecular flexibility index (Phi) is 7.98. The first kappa shape index (κ1) is 15.8. The first-order valence-corrected chi connectivity index (χ1v) is 7.15. The van der Waals surface area contributed by atoms with E-state index in [0.29, 0.717) is 12.6 Å². The van der Waals surface area contributed by atoms with Crippen LogP contribution in [0.15, 0.2) is 24.0 Å². The number of ether oxygens (including phenoxy) is 1. The minimum absolute atomic E-state index is 0.0518. The van der Waals surface area contributed by atoms with Gasteiger partial charge in [-0.25, -0.2) is 0 Å². The lowest BCUT2D eigenvalue weighted by atomic mass is 10.1. The molecule has 4 heteroatoms. The highest BCUT2D eigenvalue weighted by atomic mass is 16.5. The van der Waals surface area contributed by atoms with Crippen LogP contribution in [0.5, 0.6) is 0 Å². The van der Waals surface area contributed by atoms with Gasteiger partial charge in [-0.05, 0) is 25.3 Å². The molecule has 0 spiro atoms. The number of hydrogen-bond acceptors (Lipinski definition) is 3. The molecule has 108 valence electrons. The zero-order valence-corrected chi connectivity index (χ0v) is 12.1. The highest BCUT2D eigenvalue weighted by Gasteiger charge is 2.05. The summed E-state index contributed by atoms with van der Waals surface area (Å²) in [6.45, 7) is 5.72. The number of nitrogens with one attached hydrogen (secondary N) is 2. The number of carbonyl (C=O) groups is 1. The van der Waals surface area contributed by atoms with Crippen molar-refractivity contribution in [1.82, 2.24) is 10.6 Å². The molecule has 1 amide bonds. The molecule has 4 nitrogen and oxygen atoms in total. The fourth-order valence-electron chi connectivity index (χ4n) is 1.81. The molecule has 0 aromatic rings. The number of carbonyl (C=O) groups excluding carboxylic acids is 1. The number of amides is 1. The Bertz CT molecular complexity index is 322. The molecule has 0 bridgehead atoms. The van der Waals surface area contributed by atoms with Gasteiger partial charge in [-0.2, -0.15) is 0 Å². The van der Waals surface area contributed by atoms with Gasteiger partial charge in [0.05, 0.1) is 5.76 Å². The second kappa shape index (κ2) is 9.62. The zero-order valence-electron chi connectivity index (χ0n) is 12.1. The summed E-state index contributed by atoms with van der Waals surface area (Å²) in [5, 5.41) is 6.08. The summed E-state index contributed by atoms with van der Waals surface area (Å²) in [5.41, 5.74) is 0. The maximum absolute atomic E-state index is 11.6. The summed E-state index contributed by atoms with van der Waals surface area (Å²) >= 11 is 0. The summed E-state index contributed by atoms with van der Waals surface area (Å²) in [6.07, 6.45) is 10.4. The van der Waals surface area contributed by atoms with E-state index >= 15 is 0 Å². The van der Waals surface area contributed by atoms with E-state index in [1.807, 2.05) is 0 Å². The van der Waals surface area contributed by atoms with E-state index < -0.39 is 0 Å². The minimum Gasteiger partial charge on any atom is -0.488 e. The van der Waals surface area contributed by atoms with Gasteiger partial charge in [0.15, 0.2) is 6.61 Å². The highest BCUT2D eigenvalue weighted by molar-refractivity contribution is 5.77. The normalized spacial score (nSPS) is 20.1. The lowest BCUT2D eigenvalue weighted by Crippen LogP contribution is -2.36. The smallest absolute Gasteiger partial charge is 0.257 e. The summed E-state index contributed by atoms with van der Waals surface area (Å²) in [4.78, 5) is 11.6. The van der Waals surface area contributed by atoms with Crippen LogP contribution in [-0.2, 0) is 9.53 Å². The fraction of sp³-hybridized carbons (Fsp3) is 0.667. The van der Waals surface area contributed by atoms with Crippen LogP contribution in [0, 0.1) is 0 Å². The molecule has 1 rings (SSSR count). The largest absolute Gasteiger partial charge is 0.488 e. The van der Waals surface area contributed by atoms with Gasteiger partial charge in [-0.15, -0.1) is 0 Å². The third kappa shape index (κ3) is 8.43. The van der Waals surface area contributed by atoms with Crippen molar-refractivity contribution in [2.75, 3.05) is 19.7 Å². The van der Waals surface area contributed by atoms with Gasteiger partial charge in [0.1, 0.15) is 0 Å². The Morgan fingerprint density at radius 2 is 2.21 bits per heavy atom. The van der Waals surface area contributed by atoms with Crippen LogP contribution in [0.25, 0.3) is 0 Å². The van der Waals surface area contributed by atoms with E-state index in [9.17, 15) is 4.79 Å². The number of rotatable bonds is 7. The van der Waals surface area contributed by atoms with Crippen molar-refractivity contribution >= 4 is 5.91 Å². The summed E-state index contributed by atoms with van der Waals surface area (Å²) < 4.78 is 5.55. The van der Waals surface area contributed by atoms with Crippen molar-refractivity contribution in [3.63, 3.8) is 0 Å². The van der Waals surface area contributed by atoms with Crippen LogP contribution >= 0.6 is 0 Å². The zero-order chi connectivity index (χ0) is 13.9. The molecule has 0 heterocycles. The quantitative estimate of drug-likeness (QED) is 0.548. The van der Waals surface area contributed by atoms with E-state index in [4.69, 9.17) is 4.74 Å². The molecule has 0 aliphatic heterocycles. The standard InChI is InChI=1S/C15H26N2O2/c1-13(2)16-10-11-17-15(18)12-19-14-8-6-4-3-5-7-9-14/h3-4,8,13,16H,5-7,9-12H2,1-2H3,(H,17,18)/b4-3+,14-8+. The lowest BCUT2D eigenvalue weighted by Gasteiger charge is -2.12. The highest BCUT2D eigenvalue weighted by Crippen LogP contribution is 2.13.